The Labute approximate surface area is 179 Å². The minimum absolute atomic E-state index is 0.0539. The standard InChI is InChI=1S/C21H25N5O3S/c1-14-6-7-15(29-19-16(21(2,3)28)5-4-9-22-19)13-25(14)20(27)18-17(8-12-30-18)26-23-10-11-24-26/h4-5,8-12,14-15,28H,6-7,13H2,1-3H3/t14-,15+/m1/s1. The van der Waals surface area contributed by atoms with Crippen LogP contribution in [0, 0.1) is 0 Å². The van der Waals surface area contributed by atoms with E-state index in [1.807, 2.05) is 22.4 Å². The number of pyridine rings is 1. The molecule has 0 aromatic carbocycles. The van der Waals surface area contributed by atoms with Crippen LogP contribution in [0.15, 0.2) is 42.2 Å². The molecule has 158 valence electrons. The fourth-order valence-corrected chi connectivity index (χ4v) is 4.47. The maximum absolute atomic E-state index is 13.4. The van der Waals surface area contributed by atoms with Gasteiger partial charge in [0, 0.05) is 17.8 Å². The average Bonchev–Trinajstić information content (AvgIpc) is 3.40. The maximum atomic E-state index is 13.4. The second-order valence-corrected chi connectivity index (χ2v) is 8.91. The molecule has 2 atom stereocenters. The van der Waals surface area contributed by atoms with Crippen LogP contribution >= 0.6 is 11.3 Å². The van der Waals surface area contributed by atoms with Crippen molar-refractivity contribution in [3.63, 3.8) is 0 Å². The minimum atomic E-state index is -1.07. The van der Waals surface area contributed by atoms with E-state index in [1.54, 1.807) is 38.5 Å². The van der Waals surface area contributed by atoms with Gasteiger partial charge in [0.05, 0.1) is 24.5 Å². The van der Waals surface area contributed by atoms with Gasteiger partial charge in [0.25, 0.3) is 5.91 Å². The predicted octanol–water partition coefficient (Wildman–Crippen LogP) is 3.02. The summed E-state index contributed by atoms with van der Waals surface area (Å²) in [5, 5.41) is 20.6. The summed E-state index contributed by atoms with van der Waals surface area (Å²) >= 11 is 1.38. The molecule has 30 heavy (non-hydrogen) atoms. The van der Waals surface area contributed by atoms with Gasteiger partial charge in [-0.2, -0.15) is 10.2 Å². The molecule has 0 spiro atoms. The fraction of sp³-hybridized carbons (Fsp3) is 0.429. The average molecular weight is 428 g/mol. The SMILES string of the molecule is C[C@@H]1CC[C@H](Oc2ncccc2C(C)(C)O)CN1C(=O)c1sccc1-n1nccn1. The van der Waals surface area contributed by atoms with E-state index in [0.29, 0.717) is 28.6 Å². The van der Waals surface area contributed by atoms with Crippen LogP contribution < -0.4 is 4.74 Å². The molecule has 4 heterocycles. The number of piperidine rings is 1. The van der Waals surface area contributed by atoms with Crippen molar-refractivity contribution in [2.75, 3.05) is 6.54 Å². The fourth-order valence-electron chi connectivity index (χ4n) is 3.65. The molecule has 9 heteroatoms. The summed E-state index contributed by atoms with van der Waals surface area (Å²) in [5.41, 5.74) is 0.245. The molecule has 3 aromatic heterocycles. The number of hydrogen-bond donors (Lipinski definition) is 1. The number of carbonyl (C=O) groups excluding carboxylic acids is 1. The van der Waals surface area contributed by atoms with Crippen LogP contribution in [0.2, 0.25) is 0 Å². The topological polar surface area (TPSA) is 93.4 Å². The van der Waals surface area contributed by atoms with Crippen molar-refractivity contribution in [1.29, 1.82) is 0 Å². The van der Waals surface area contributed by atoms with E-state index in [2.05, 4.69) is 22.1 Å². The van der Waals surface area contributed by atoms with E-state index in [-0.39, 0.29) is 18.1 Å². The van der Waals surface area contributed by atoms with Crippen molar-refractivity contribution in [3.05, 3.63) is 52.6 Å². The highest BCUT2D eigenvalue weighted by Crippen LogP contribution is 2.31. The summed E-state index contributed by atoms with van der Waals surface area (Å²) in [6.07, 6.45) is 6.26. The third kappa shape index (κ3) is 4.08. The minimum Gasteiger partial charge on any atom is -0.472 e. The van der Waals surface area contributed by atoms with E-state index < -0.39 is 5.60 Å². The van der Waals surface area contributed by atoms with Gasteiger partial charge >= 0.3 is 0 Å². The number of ether oxygens (including phenoxy) is 1. The highest BCUT2D eigenvalue weighted by molar-refractivity contribution is 7.12. The van der Waals surface area contributed by atoms with Crippen LogP contribution in [0.1, 0.15) is 48.8 Å². The first-order valence-electron chi connectivity index (χ1n) is 9.94. The second-order valence-electron chi connectivity index (χ2n) is 7.99. The zero-order valence-electron chi connectivity index (χ0n) is 17.2. The molecule has 1 saturated heterocycles. The van der Waals surface area contributed by atoms with Crippen molar-refractivity contribution < 1.29 is 14.6 Å². The molecule has 4 rings (SSSR count). The number of rotatable bonds is 5. The van der Waals surface area contributed by atoms with Gasteiger partial charge in [-0.3, -0.25) is 4.79 Å². The molecular weight excluding hydrogens is 402 g/mol. The molecule has 1 N–H and O–H groups in total. The Hall–Kier alpha value is -2.78. The van der Waals surface area contributed by atoms with Crippen molar-refractivity contribution in [1.82, 2.24) is 24.9 Å². The molecule has 1 aliphatic rings. The summed E-state index contributed by atoms with van der Waals surface area (Å²) in [5.74, 6) is 0.358. The van der Waals surface area contributed by atoms with Crippen molar-refractivity contribution in [3.8, 4) is 11.6 Å². The van der Waals surface area contributed by atoms with Gasteiger partial charge in [-0.05, 0) is 57.2 Å². The van der Waals surface area contributed by atoms with Gasteiger partial charge in [0.1, 0.15) is 16.7 Å². The monoisotopic (exact) mass is 427 g/mol. The number of amides is 1. The Morgan fingerprint density at radius 1 is 1.23 bits per heavy atom. The molecule has 1 fully saturated rings. The third-order valence-electron chi connectivity index (χ3n) is 5.28. The summed E-state index contributed by atoms with van der Waals surface area (Å²) < 4.78 is 6.17. The van der Waals surface area contributed by atoms with Crippen molar-refractivity contribution in [2.45, 2.75) is 51.4 Å². The highest BCUT2D eigenvalue weighted by Gasteiger charge is 2.34. The first-order chi connectivity index (χ1) is 14.3. The maximum Gasteiger partial charge on any atom is 0.266 e. The largest absolute Gasteiger partial charge is 0.472 e. The molecule has 0 radical (unpaired) electrons. The summed E-state index contributed by atoms with van der Waals surface area (Å²) in [6, 6.07) is 5.53. The first kappa shape index (κ1) is 20.5. The molecule has 1 amide bonds. The number of carbonyl (C=O) groups is 1. The van der Waals surface area contributed by atoms with Crippen LogP contribution in [0.25, 0.3) is 5.69 Å². The lowest BCUT2D eigenvalue weighted by atomic mass is 9.99. The number of aliphatic hydroxyl groups is 1. The number of thiophene rings is 1. The molecule has 8 nitrogen and oxygen atoms in total. The molecule has 1 aliphatic heterocycles. The zero-order chi connectivity index (χ0) is 21.3. The number of nitrogens with zero attached hydrogens (tertiary/aromatic N) is 5. The Morgan fingerprint density at radius 2 is 2.00 bits per heavy atom. The number of aromatic nitrogens is 4. The van der Waals surface area contributed by atoms with Gasteiger partial charge in [-0.1, -0.05) is 0 Å². The van der Waals surface area contributed by atoms with Gasteiger partial charge in [-0.25, -0.2) is 4.98 Å². The van der Waals surface area contributed by atoms with Crippen LogP contribution in [-0.2, 0) is 5.60 Å². The third-order valence-corrected chi connectivity index (χ3v) is 6.17. The van der Waals surface area contributed by atoms with Gasteiger partial charge in [-0.15, -0.1) is 16.1 Å². The Kier molecular flexibility index (Phi) is 5.57. The van der Waals surface area contributed by atoms with E-state index in [9.17, 15) is 9.90 Å². The van der Waals surface area contributed by atoms with Crippen molar-refractivity contribution >= 4 is 17.2 Å². The second kappa shape index (κ2) is 8.16. The van der Waals surface area contributed by atoms with Crippen LogP contribution in [0.5, 0.6) is 5.88 Å². The van der Waals surface area contributed by atoms with E-state index >= 15 is 0 Å². The molecule has 3 aromatic rings. The molecule has 0 unspecified atom stereocenters. The van der Waals surface area contributed by atoms with E-state index in [1.165, 1.54) is 16.1 Å². The van der Waals surface area contributed by atoms with Crippen LogP contribution in [0.4, 0.5) is 0 Å². The van der Waals surface area contributed by atoms with Gasteiger partial charge in [0.2, 0.25) is 5.88 Å². The normalized spacial score (nSPS) is 19.7. The smallest absolute Gasteiger partial charge is 0.266 e. The van der Waals surface area contributed by atoms with Crippen molar-refractivity contribution in [2.24, 2.45) is 0 Å². The Bertz CT molecular complexity index is 1010. The van der Waals surface area contributed by atoms with Gasteiger partial charge < -0.3 is 14.7 Å². The van der Waals surface area contributed by atoms with Crippen LogP contribution in [-0.4, -0.2) is 54.6 Å². The first-order valence-corrected chi connectivity index (χ1v) is 10.8. The quantitative estimate of drug-likeness (QED) is 0.673. The Balaban J connectivity index is 1.54. The zero-order valence-corrected chi connectivity index (χ0v) is 18.0. The lowest BCUT2D eigenvalue weighted by Crippen LogP contribution is -2.49. The number of hydrogen-bond acceptors (Lipinski definition) is 7. The van der Waals surface area contributed by atoms with E-state index in [0.717, 1.165) is 12.8 Å². The highest BCUT2D eigenvalue weighted by atomic mass is 32.1. The lowest BCUT2D eigenvalue weighted by Gasteiger charge is -2.38. The van der Waals surface area contributed by atoms with Gasteiger partial charge in [0.15, 0.2) is 0 Å². The molecular formula is C21H25N5O3S. The summed E-state index contributed by atoms with van der Waals surface area (Å²) in [4.78, 5) is 21.6. The number of likely N-dealkylation sites (tertiary alicyclic amines) is 1. The summed E-state index contributed by atoms with van der Waals surface area (Å²) in [7, 11) is 0. The predicted molar refractivity (Wildman–Crippen MR) is 113 cm³/mol. The Morgan fingerprint density at radius 3 is 2.73 bits per heavy atom. The van der Waals surface area contributed by atoms with Crippen LogP contribution in [0.3, 0.4) is 0 Å². The molecule has 0 bridgehead atoms. The lowest BCUT2D eigenvalue weighted by molar-refractivity contribution is 0.0329. The summed E-state index contributed by atoms with van der Waals surface area (Å²) in [6.45, 7) is 5.91. The van der Waals surface area contributed by atoms with E-state index in [4.69, 9.17) is 4.74 Å². The molecule has 0 aliphatic carbocycles. The molecule has 0 saturated carbocycles.